The van der Waals surface area contributed by atoms with E-state index in [0.717, 1.165) is 17.5 Å². The zero-order chi connectivity index (χ0) is 31.1. The van der Waals surface area contributed by atoms with E-state index in [2.05, 4.69) is 60.3 Å². The van der Waals surface area contributed by atoms with Gasteiger partial charge in [-0.1, -0.05) is 20.8 Å². The van der Waals surface area contributed by atoms with Gasteiger partial charge in [-0.15, -0.1) is 0 Å². The van der Waals surface area contributed by atoms with E-state index < -0.39 is 43.0 Å². The molecule has 13 heteroatoms. The summed E-state index contributed by atoms with van der Waals surface area (Å²) in [6, 6.07) is 6.19. The molecule has 4 rings (SSSR count). The zero-order valence-electron chi connectivity index (χ0n) is 24.4. The van der Waals surface area contributed by atoms with Gasteiger partial charge >= 0.3 is 6.18 Å². The van der Waals surface area contributed by atoms with Gasteiger partial charge < -0.3 is 9.74 Å². The third-order valence-electron chi connectivity index (χ3n) is 8.38. The Morgan fingerprint density at radius 3 is 2.33 bits per heavy atom. The summed E-state index contributed by atoms with van der Waals surface area (Å²) in [6.07, 6.45) is 1.29. The fraction of sp³-hybridized carbons (Fsp3) is 0.483. The number of aromatic nitrogens is 4. The van der Waals surface area contributed by atoms with E-state index in [-0.39, 0.29) is 22.4 Å². The number of carbonyl (C=O) groups excluding carboxylic acids is 1. The van der Waals surface area contributed by atoms with Crippen molar-refractivity contribution in [1.82, 2.24) is 19.7 Å². The standard InChI is InChI=1S/C29H34F4N6O2Si/c1-18-22(16-37-39(18)25-23(30)13-19(14-36-25)29(31,32)33)26(40)38-20-7-8-24(35-15-20)28(17-34)11-9-21(10-12-28)41-42(5,6)27(2,3)4/h7-8,13-16,21H,9-12H2,1-6H3,(H,38,40). The highest BCUT2D eigenvalue weighted by Crippen LogP contribution is 2.43. The first kappa shape index (κ1) is 31.3. The molecule has 0 aliphatic heterocycles. The summed E-state index contributed by atoms with van der Waals surface area (Å²) in [7, 11) is -1.92. The number of alkyl halides is 3. The Morgan fingerprint density at radius 1 is 1.14 bits per heavy atom. The van der Waals surface area contributed by atoms with Crippen molar-refractivity contribution in [3.8, 4) is 11.9 Å². The topological polar surface area (TPSA) is 106 Å². The van der Waals surface area contributed by atoms with Crippen LogP contribution in [0.1, 0.15) is 73.8 Å². The molecule has 224 valence electrons. The smallest absolute Gasteiger partial charge is 0.414 e. The summed E-state index contributed by atoms with van der Waals surface area (Å²) in [5, 5.41) is 16.9. The summed E-state index contributed by atoms with van der Waals surface area (Å²) in [5.74, 6) is -2.26. The Bertz CT molecular complexity index is 1500. The van der Waals surface area contributed by atoms with Gasteiger partial charge in [0, 0.05) is 12.3 Å². The first-order chi connectivity index (χ1) is 19.5. The van der Waals surface area contributed by atoms with Gasteiger partial charge in [-0.05, 0) is 68.9 Å². The molecule has 0 atom stereocenters. The number of nitrogens with zero attached hydrogens (tertiary/aromatic N) is 5. The number of nitrogens with one attached hydrogen (secondary N) is 1. The summed E-state index contributed by atoms with van der Waals surface area (Å²) in [4.78, 5) is 21.0. The fourth-order valence-electron chi connectivity index (χ4n) is 4.76. The second-order valence-corrected chi connectivity index (χ2v) is 17.0. The second-order valence-electron chi connectivity index (χ2n) is 12.2. The van der Waals surface area contributed by atoms with Crippen molar-refractivity contribution in [2.75, 3.05) is 5.32 Å². The van der Waals surface area contributed by atoms with Crippen molar-refractivity contribution >= 4 is 19.9 Å². The third-order valence-corrected chi connectivity index (χ3v) is 12.9. The van der Waals surface area contributed by atoms with Crippen LogP contribution in [0.5, 0.6) is 0 Å². The average Bonchev–Trinajstić information content (AvgIpc) is 3.29. The molecule has 1 aliphatic rings. The van der Waals surface area contributed by atoms with Crippen molar-refractivity contribution in [2.24, 2.45) is 0 Å². The van der Waals surface area contributed by atoms with Gasteiger partial charge in [-0.3, -0.25) is 9.78 Å². The molecule has 3 heterocycles. The largest absolute Gasteiger partial charge is 0.417 e. The Morgan fingerprint density at radius 2 is 1.81 bits per heavy atom. The van der Waals surface area contributed by atoms with E-state index in [1.807, 2.05) is 0 Å². The molecule has 8 nitrogen and oxygen atoms in total. The number of pyridine rings is 2. The van der Waals surface area contributed by atoms with Crippen LogP contribution in [0.2, 0.25) is 18.1 Å². The molecule has 0 unspecified atom stereocenters. The minimum atomic E-state index is -4.74. The normalized spacial score (nSPS) is 19.8. The first-order valence-electron chi connectivity index (χ1n) is 13.6. The van der Waals surface area contributed by atoms with Gasteiger partial charge in [0.25, 0.3) is 5.91 Å². The number of hydrogen-bond donors (Lipinski definition) is 1. The van der Waals surface area contributed by atoms with E-state index in [0.29, 0.717) is 36.5 Å². The molecule has 1 fully saturated rings. The molecule has 1 N–H and O–H groups in total. The Balaban J connectivity index is 1.44. The number of hydrogen-bond acceptors (Lipinski definition) is 6. The van der Waals surface area contributed by atoms with E-state index >= 15 is 0 Å². The number of amides is 1. The van der Waals surface area contributed by atoms with Gasteiger partial charge in [-0.2, -0.15) is 23.5 Å². The predicted octanol–water partition coefficient (Wildman–Crippen LogP) is 7.11. The van der Waals surface area contributed by atoms with Crippen LogP contribution >= 0.6 is 0 Å². The molecule has 1 amide bonds. The Hall–Kier alpha value is -3.63. The lowest BCUT2D eigenvalue weighted by Crippen LogP contribution is -2.46. The lowest BCUT2D eigenvalue weighted by atomic mass is 9.72. The van der Waals surface area contributed by atoms with Crippen LogP contribution in [-0.2, 0) is 16.0 Å². The average molecular weight is 603 g/mol. The summed E-state index contributed by atoms with van der Waals surface area (Å²) < 4.78 is 60.6. The number of rotatable bonds is 6. The van der Waals surface area contributed by atoms with Crippen molar-refractivity contribution in [3.63, 3.8) is 0 Å². The number of halogens is 4. The minimum absolute atomic E-state index is 0.0775. The van der Waals surface area contributed by atoms with Gasteiger partial charge in [0.15, 0.2) is 20.0 Å². The number of anilines is 1. The molecule has 1 saturated carbocycles. The molecule has 3 aromatic heterocycles. The van der Waals surface area contributed by atoms with Gasteiger partial charge in [0.05, 0.1) is 52.1 Å². The highest BCUT2D eigenvalue weighted by Gasteiger charge is 2.43. The maximum absolute atomic E-state index is 14.4. The van der Waals surface area contributed by atoms with Gasteiger partial charge in [0.2, 0.25) is 0 Å². The van der Waals surface area contributed by atoms with Crippen LogP contribution in [0, 0.1) is 24.1 Å². The quantitative estimate of drug-likeness (QED) is 0.238. The molecular weight excluding hydrogens is 568 g/mol. The fourth-order valence-corrected chi connectivity index (χ4v) is 6.18. The number of carbonyl (C=O) groups is 1. The molecule has 0 radical (unpaired) electrons. The maximum atomic E-state index is 14.4. The van der Waals surface area contributed by atoms with Crippen molar-refractivity contribution in [2.45, 2.75) is 89.2 Å². The highest BCUT2D eigenvalue weighted by atomic mass is 28.4. The van der Waals surface area contributed by atoms with Crippen LogP contribution < -0.4 is 5.32 Å². The van der Waals surface area contributed by atoms with E-state index in [1.54, 1.807) is 12.1 Å². The SMILES string of the molecule is Cc1c(C(=O)Nc2ccc(C3(C#N)CCC(O[Si](C)(C)C(C)(C)C)CC3)nc2)cnn1-c1ncc(C(F)(F)F)cc1F. The summed E-state index contributed by atoms with van der Waals surface area (Å²) in [6.45, 7) is 12.5. The van der Waals surface area contributed by atoms with Gasteiger partial charge in [-0.25, -0.2) is 14.1 Å². The van der Waals surface area contributed by atoms with Gasteiger partial charge in [0.1, 0.15) is 0 Å². The monoisotopic (exact) mass is 602 g/mol. The highest BCUT2D eigenvalue weighted by molar-refractivity contribution is 6.74. The van der Waals surface area contributed by atoms with E-state index in [4.69, 9.17) is 4.43 Å². The lowest BCUT2D eigenvalue weighted by Gasteiger charge is -2.42. The Labute approximate surface area is 243 Å². The van der Waals surface area contributed by atoms with Crippen LogP contribution in [0.15, 0.2) is 36.8 Å². The molecule has 3 aromatic rings. The zero-order valence-corrected chi connectivity index (χ0v) is 25.4. The first-order valence-corrected chi connectivity index (χ1v) is 16.5. The third kappa shape index (κ3) is 6.24. The van der Waals surface area contributed by atoms with Crippen LogP contribution in [0.25, 0.3) is 5.82 Å². The van der Waals surface area contributed by atoms with Crippen molar-refractivity contribution in [3.05, 3.63) is 65.1 Å². The maximum Gasteiger partial charge on any atom is 0.417 e. The van der Waals surface area contributed by atoms with E-state index in [9.17, 15) is 27.6 Å². The second kappa shape index (κ2) is 11.2. The van der Waals surface area contributed by atoms with Crippen LogP contribution in [0.4, 0.5) is 23.2 Å². The molecule has 0 bridgehead atoms. The molecule has 0 spiro atoms. The number of nitriles is 1. The molecule has 1 aliphatic carbocycles. The van der Waals surface area contributed by atoms with Crippen molar-refractivity contribution < 1.29 is 26.8 Å². The predicted molar refractivity (Wildman–Crippen MR) is 151 cm³/mol. The van der Waals surface area contributed by atoms with Crippen LogP contribution in [0.3, 0.4) is 0 Å². The van der Waals surface area contributed by atoms with Crippen LogP contribution in [-0.4, -0.2) is 40.1 Å². The summed E-state index contributed by atoms with van der Waals surface area (Å²) >= 11 is 0. The lowest BCUT2D eigenvalue weighted by molar-refractivity contribution is -0.138. The molecule has 0 aromatic carbocycles. The molecular formula is C29H34F4N6O2Si. The minimum Gasteiger partial charge on any atom is -0.414 e. The molecule has 42 heavy (non-hydrogen) atoms. The summed E-state index contributed by atoms with van der Waals surface area (Å²) in [5.41, 5.74) is -0.712. The Kier molecular flexibility index (Phi) is 8.36. The van der Waals surface area contributed by atoms with E-state index in [1.165, 1.54) is 19.3 Å². The van der Waals surface area contributed by atoms with Crippen molar-refractivity contribution in [1.29, 1.82) is 5.26 Å². The molecule has 0 saturated heterocycles.